The van der Waals surface area contributed by atoms with Crippen LogP contribution in [0.25, 0.3) is 21.5 Å². The van der Waals surface area contributed by atoms with Crippen LogP contribution >= 0.6 is 11.3 Å². The molecule has 6 rings (SSSR count). The minimum absolute atomic E-state index is 0.0344. The number of nitrogens with one attached hydrogen (secondary N) is 1. The van der Waals surface area contributed by atoms with Gasteiger partial charge in [0.05, 0.1) is 39.9 Å². The molecule has 42 heavy (non-hydrogen) atoms. The van der Waals surface area contributed by atoms with Crippen molar-refractivity contribution in [2.24, 2.45) is 17.3 Å². The van der Waals surface area contributed by atoms with Crippen LogP contribution in [0.5, 0.6) is 0 Å². The first-order chi connectivity index (χ1) is 19.9. The van der Waals surface area contributed by atoms with Crippen molar-refractivity contribution < 1.29 is 27.6 Å². The number of carbonyl (C=O) groups excluding carboxylic acids is 3. The van der Waals surface area contributed by atoms with Crippen LogP contribution < -0.4 is 5.32 Å². The Kier molecular flexibility index (Phi) is 6.92. The highest BCUT2D eigenvalue weighted by molar-refractivity contribution is 7.19. The van der Waals surface area contributed by atoms with Crippen molar-refractivity contribution in [2.75, 3.05) is 26.3 Å². The first kappa shape index (κ1) is 28.7. The summed E-state index contributed by atoms with van der Waals surface area (Å²) in [7, 11) is 0. The Morgan fingerprint density at radius 1 is 1.21 bits per heavy atom. The molecule has 1 saturated carbocycles. The molecule has 3 unspecified atom stereocenters. The molecule has 0 bridgehead atoms. The molecule has 0 aromatic carbocycles. The Hall–Kier alpha value is -3.38. The number of pyridine rings is 2. The zero-order chi connectivity index (χ0) is 30.1. The number of hydrogen-bond acceptors (Lipinski definition) is 7. The monoisotopic (exact) mass is 599 g/mol. The van der Waals surface area contributed by atoms with Gasteiger partial charge in [0.25, 0.3) is 5.91 Å². The molecule has 0 radical (unpaired) electrons. The van der Waals surface area contributed by atoms with Gasteiger partial charge in [0.2, 0.25) is 11.8 Å². The molecule has 3 aliphatic rings. The van der Waals surface area contributed by atoms with Gasteiger partial charge in [-0.05, 0) is 49.1 Å². The lowest BCUT2D eigenvalue weighted by Crippen LogP contribution is -2.35. The number of alkyl halides is 3. The van der Waals surface area contributed by atoms with E-state index < -0.39 is 18.3 Å². The molecule has 3 atom stereocenters. The molecule has 2 aliphatic heterocycles. The number of likely N-dealkylation sites (N-methyl/N-ethyl adjacent to an activating group) is 1. The molecule has 1 aliphatic carbocycles. The summed E-state index contributed by atoms with van der Waals surface area (Å²) in [6, 6.07) is 4.58. The molecule has 3 fully saturated rings. The molecule has 0 spiro atoms. The summed E-state index contributed by atoms with van der Waals surface area (Å²) < 4.78 is 43.2. The number of imide groups is 1. The maximum Gasteiger partial charge on any atom is 0.317 e. The number of amides is 3. The average molecular weight is 600 g/mol. The number of likely N-dealkylation sites (tertiary alicyclic amines) is 2. The molecule has 222 valence electrons. The van der Waals surface area contributed by atoms with E-state index in [1.54, 1.807) is 24.0 Å². The Labute approximate surface area is 245 Å². The van der Waals surface area contributed by atoms with E-state index in [9.17, 15) is 27.6 Å². The lowest BCUT2D eigenvalue weighted by atomic mass is 9.98. The highest BCUT2D eigenvalue weighted by Crippen LogP contribution is 2.63. The van der Waals surface area contributed by atoms with E-state index in [4.69, 9.17) is 0 Å². The van der Waals surface area contributed by atoms with Crippen LogP contribution in [0.2, 0.25) is 0 Å². The summed E-state index contributed by atoms with van der Waals surface area (Å²) in [6.45, 7) is 7.28. The largest absolute Gasteiger partial charge is 0.337 e. The average Bonchev–Trinajstić information content (AvgIpc) is 3.35. The fourth-order valence-electron chi connectivity index (χ4n) is 6.52. The number of thiophene rings is 1. The van der Waals surface area contributed by atoms with Crippen molar-refractivity contribution in [2.45, 2.75) is 52.6 Å². The minimum atomic E-state index is -3.83. The quantitative estimate of drug-likeness (QED) is 0.378. The third kappa shape index (κ3) is 4.50. The third-order valence-corrected chi connectivity index (χ3v) is 10.0. The molecule has 3 amide bonds. The van der Waals surface area contributed by atoms with Gasteiger partial charge in [0, 0.05) is 35.8 Å². The van der Waals surface area contributed by atoms with Gasteiger partial charge in [-0.3, -0.25) is 24.3 Å². The molecular formula is C30H32F3N5O3S. The summed E-state index contributed by atoms with van der Waals surface area (Å²) in [5.74, 6) is -5.13. The molecular weight excluding hydrogens is 567 g/mol. The molecule has 5 heterocycles. The van der Waals surface area contributed by atoms with E-state index in [0.29, 0.717) is 33.7 Å². The van der Waals surface area contributed by atoms with Crippen LogP contribution in [0, 0.1) is 24.2 Å². The fraction of sp³-hybridized carbons (Fsp3) is 0.500. The van der Waals surface area contributed by atoms with E-state index in [1.807, 2.05) is 20.8 Å². The third-order valence-electron chi connectivity index (χ3n) is 8.86. The lowest BCUT2D eigenvalue weighted by molar-refractivity contribution is -0.143. The zero-order valence-electron chi connectivity index (χ0n) is 23.8. The second kappa shape index (κ2) is 10.1. The predicted octanol–water partition coefficient (Wildman–Crippen LogP) is 4.69. The summed E-state index contributed by atoms with van der Waals surface area (Å²) in [5.41, 5.74) is 0.346. The van der Waals surface area contributed by atoms with Crippen LogP contribution in [0.3, 0.4) is 0 Å². The van der Waals surface area contributed by atoms with E-state index in [1.165, 1.54) is 22.4 Å². The number of carbonyl (C=O) groups is 3. The maximum atomic E-state index is 14.6. The van der Waals surface area contributed by atoms with Crippen molar-refractivity contribution in [1.82, 2.24) is 25.1 Å². The van der Waals surface area contributed by atoms with Gasteiger partial charge in [-0.2, -0.15) is 8.78 Å². The Bertz CT molecular complexity index is 1600. The molecule has 1 N–H and O–H groups in total. The van der Waals surface area contributed by atoms with Gasteiger partial charge >= 0.3 is 5.92 Å². The topological polar surface area (TPSA) is 95.5 Å². The number of piperidine rings is 1. The van der Waals surface area contributed by atoms with Crippen molar-refractivity contribution >= 4 is 39.3 Å². The van der Waals surface area contributed by atoms with Crippen LogP contribution in [0.1, 0.15) is 53.7 Å². The number of aryl methyl sites for hydroxylation is 1. The van der Waals surface area contributed by atoms with Gasteiger partial charge in [-0.1, -0.05) is 20.8 Å². The van der Waals surface area contributed by atoms with Gasteiger partial charge in [0.15, 0.2) is 6.67 Å². The van der Waals surface area contributed by atoms with Crippen molar-refractivity contribution in [3.8, 4) is 11.3 Å². The van der Waals surface area contributed by atoms with Gasteiger partial charge in [-0.15, -0.1) is 11.3 Å². The van der Waals surface area contributed by atoms with Crippen molar-refractivity contribution in [3.05, 3.63) is 46.1 Å². The normalized spacial score (nSPS) is 23.3. The summed E-state index contributed by atoms with van der Waals surface area (Å²) in [5, 5.41) is 3.34. The second-order valence-electron chi connectivity index (χ2n) is 12.0. The SMILES string of the molecule is CCNC1CCN(C(=O)c2c(C)cc(C(F)(F)CF)nc2-c2ccnc3cc(CN4C(=O)C5C(C4=O)C5(C)C)sc23)C1. The molecule has 3 aromatic heterocycles. The highest BCUT2D eigenvalue weighted by Gasteiger charge is 2.72. The summed E-state index contributed by atoms with van der Waals surface area (Å²) in [4.78, 5) is 52.0. The smallest absolute Gasteiger partial charge is 0.317 e. The Balaban J connectivity index is 1.41. The Morgan fingerprint density at radius 3 is 2.60 bits per heavy atom. The van der Waals surface area contributed by atoms with Gasteiger partial charge in [-0.25, -0.2) is 9.37 Å². The molecule has 8 nitrogen and oxygen atoms in total. The zero-order valence-corrected chi connectivity index (χ0v) is 24.7. The number of rotatable bonds is 8. The van der Waals surface area contributed by atoms with Crippen LogP contribution in [0.4, 0.5) is 13.2 Å². The number of fused-ring (bicyclic) bond motifs is 2. The number of aromatic nitrogens is 2. The van der Waals surface area contributed by atoms with E-state index >= 15 is 0 Å². The lowest BCUT2D eigenvalue weighted by Gasteiger charge is -2.22. The molecule has 12 heteroatoms. The number of nitrogens with zero attached hydrogens (tertiary/aromatic N) is 4. The molecule has 2 saturated heterocycles. The standard InChI is InChI=1S/C30H32F3N5O3S/c1-5-34-16-7-9-37(12-16)26(39)21-15(2)10-20(30(32,33)14-31)36-24(21)18-6-8-35-19-11-17(42-25(18)19)13-38-27(40)22-23(28(38)41)29(22,3)4/h6,8,10-11,16,22-23,34H,5,7,9,12-14H2,1-4H3. The van der Waals surface area contributed by atoms with Gasteiger partial charge < -0.3 is 10.2 Å². The highest BCUT2D eigenvalue weighted by atomic mass is 32.1. The molecule has 3 aromatic rings. The van der Waals surface area contributed by atoms with Gasteiger partial charge in [0.1, 0.15) is 5.69 Å². The number of hydrogen-bond donors (Lipinski definition) is 1. The predicted molar refractivity (Wildman–Crippen MR) is 152 cm³/mol. The fourth-order valence-corrected chi connectivity index (χ4v) is 7.64. The number of halogens is 3. The van der Waals surface area contributed by atoms with Crippen LogP contribution in [-0.2, 0) is 22.1 Å². The summed E-state index contributed by atoms with van der Waals surface area (Å²) >= 11 is 1.27. The first-order valence-corrected chi connectivity index (χ1v) is 14.9. The Morgan fingerprint density at radius 2 is 1.93 bits per heavy atom. The van der Waals surface area contributed by atoms with E-state index in [2.05, 4.69) is 15.3 Å². The second-order valence-corrected chi connectivity index (χ2v) is 13.1. The van der Waals surface area contributed by atoms with Crippen LogP contribution in [-0.4, -0.2) is 69.8 Å². The summed E-state index contributed by atoms with van der Waals surface area (Å²) in [6.07, 6.45) is 2.26. The van der Waals surface area contributed by atoms with E-state index in [-0.39, 0.29) is 64.4 Å². The van der Waals surface area contributed by atoms with Crippen molar-refractivity contribution in [3.63, 3.8) is 0 Å². The van der Waals surface area contributed by atoms with Crippen molar-refractivity contribution in [1.29, 1.82) is 0 Å². The minimum Gasteiger partial charge on any atom is -0.337 e. The first-order valence-electron chi connectivity index (χ1n) is 14.1. The van der Waals surface area contributed by atoms with Crippen LogP contribution in [0.15, 0.2) is 24.4 Å². The van der Waals surface area contributed by atoms with E-state index in [0.717, 1.165) is 19.0 Å². The maximum absolute atomic E-state index is 14.6.